The van der Waals surface area contributed by atoms with Crippen LogP contribution in [0.15, 0.2) is 12.2 Å². The average Bonchev–Trinajstić information content (AvgIpc) is 2.01. The van der Waals surface area contributed by atoms with Gasteiger partial charge in [-0.3, -0.25) is 9.59 Å². The summed E-state index contributed by atoms with van der Waals surface area (Å²) in [5, 5.41) is 8.05. The van der Waals surface area contributed by atoms with Gasteiger partial charge < -0.3 is 4.74 Å². The van der Waals surface area contributed by atoms with E-state index in [9.17, 15) is 9.59 Å². The Labute approximate surface area is 70.4 Å². The van der Waals surface area contributed by atoms with Crippen molar-refractivity contribution in [2.75, 3.05) is 6.61 Å². The lowest BCUT2D eigenvalue weighted by Crippen LogP contribution is -2.08. The fourth-order valence-electron chi connectivity index (χ4n) is 0.543. The summed E-state index contributed by atoms with van der Waals surface area (Å²) in [4.78, 5) is 21.4. The van der Waals surface area contributed by atoms with Crippen molar-refractivity contribution in [2.45, 2.75) is 13.3 Å². The Morgan fingerprint density at radius 2 is 2.25 bits per heavy atom. The molecule has 64 valence electrons. The highest BCUT2D eigenvalue weighted by molar-refractivity contribution is 6.02. The minimum Gasteiger partial charge on any atom is -0.466 e. The summed E-state index contributed by atoms with van der Waals surface area (Å²) in [5.74, 6) is -0.986. The maximum absolute atomic E-state index is 10.7. The second kappa shape index (κ2) is 6.10. The number of nitrogens with zero attached hydrogens (tertiary/aromatic N) is 1. The summed E-state index contributed by atoms with van der Waals surface area (Å²) in [5.41, 5.74) is 0. The lowest BCUT2D eigenvalue weighted by atomic mass is 10.3. The van der Waals surface area contributed by atoms with Crippen molar-refractivity contribution < 1.29 is 14.3 Å². The minimum absolute atomic E-state index is 0.258. The number of nitriles is 1. The van der Waals surface area contributed by atoms with E-state index >= 15 is 0 Å². The average molecular weight is 167 g/mol. The molecule has 0 radical (unpaired) electrons. The predicted molar refractivity (Wildman–Crippen MR) is 41.0 cm³/mol. The fraction of sp³-hybridized carbons (Fsp3) is 0.375. The molecule has 0 atom stereocenters. The van der Waals surface area contributed by atoms with Gasteiger partial charge in [-0.15, -0.1) is 0 Å². The van der Waals surface area contributed by atoms with Crippen molar-refractivity contribution in [3.05, 3.63) is 12.2 Å². The molecule has 0 amide bonds. The van der Waals surface area contributed by atoms with Crippen molar-refractivity contribution in [3.8, 4) is 6.07 Å². The second-order valence-corrected chi connectivity index (χ2v) is 1.91. The van der Waals surface area contributed by atoms with Gasteiger partial charge in [0.25, 0.3) is 0 Å². The van der Waals surface area contributed by atoms with E-state index in [4.69, 9.17) is 5.26 Å². The third-order valence-electron chi connectivity index (χ3n) is 0.968. The molecule has 0 aromatic carbocycles. The van der Waals surface area contributed by atoms with Gasteiger partial charge in [-0.05, 0) is 13.0 Å². The van der Waals surface area contributed by atoms with Crippen LogP contribution in [0.4, 0.5) is 0 Å². The first-order chi connectivity index (χ1) is 5.70. The van der Waals surface area contributed by atoms with Gasteiger partial charge in [0.15, 0.2) is 5.78 Å². The Kier molecular flexibility index (Phi) is 5.28. The van der Waals surface area contributed by atoms with Crippen LogP contribution in [0.2, 0.25) is 0 Å². The van der Waals surface area contributed by atoms with Crippen LogP contribution in [0, 0.1) is 11.3 Å². The van der Waals surface area contributed by atoms with E-state index in [-0.39, 0.29) is 13.0 Å². The highest BCUT2D eigenvalue weighted by Gasteiger charge is 2.06. The molecule has 0 spiro atoms. The van der Waals surface area contributed by atoms with Crippen molar-refractivity contribution in [2.24, 2.45) is 0 Å². The van der Waals surface area contributed by atoms with Crippen LogP contribution < -0.4 is 0 Å². The maximum Gasteiger partial charge on any atom is 0.313 e. The molecule has 0 saturated carbocycles. The summed E-state index contributed by atoms with van der Waals surface area (Å²) in [7, 11) is 0. The van der Waals surface area contributed by atoms with Gasteiger partial charge in [-0.1, -0.05) is 0 Å². The van der Waals surface area contributed by atoms with Crippen LogP contribution in [0.25, 0.3) is 0 Å². The van der Waals surface area contributed by atoms with Crippen LogP contribution in [0.3, 0.4) is 0 Å². The Bertz CT molecular complexity index is 237. The number of ketones is 1. The zero-order valence-electron chi connectivity index (χ0n) is 6.74. The molecule has 4 heteroatoms. The zero-order valence-corrected chi connectivity index (χ0v) is 6.74. The standard InChI is InChI=1S/C8H9NO3/c1-2-12-8(11)6-7(10)4-3-5-9/h3-4H,2,6H2,1H3. The summed E-state index contributed by atoms with van der Waals surface area (Å²) >= 11 is 0. The fourth-order valence-corrected chi connectivity index (χ4v) is 0.543. The van der Waals surface area contributed by atoms with E-state index in [0.717, 1.165) is 12.2 Å². The van der Waals surface area contributed by atoms with Crippen molar-refractivity contribution >= 4 is 11.8 Å². The van der Waals surface area contributed by atoms with Crippen molar-refractivity contribution in [1.82, 2.24) is 0 Å². The van der Waals surface area contributed by atoms with Gasteiger partial charge in [0.1, 0.15) is 6.42 Å². The van der Waals surface area contributed by atoms with Crippen LogP contribution in [-0.2, 0) is 14.3 Å². The van der Waals surface area contributed by atoms with Crippen LogP contribution in [0.5, 0.6) is 0 Å². The number of carbonyl (C=O) groups is 2. The molecular formula is C8H9NO3. The first-order valence-electron chi connectivity index (χ1n) is 3.45. The lowest BCUT2D eigenvalue weighted by Gasteiger charge is -1.96. The molecule has 0 aromatic rings. The minimum atomic E-state index is -0.565. The number of rotatable bonds is 4. The number of hydrogen-bond acceptors (Lipinski definition) is 4. The van der Waals surface area contributed by atoms with Gasteiger partial charge in [0.2, 0.25) is 0 Å². The third kappa shape index (κ3) is 5.18. The van der Waals surface area contributed by atoms with E-state index in [0.29, 0.717) is 0 Å². The highest BCUT2D eigenvalue weighted by atomic mass is 16.5. The largest absolute Gasteiger partial charge is 0.466 e. The molecule has 0 aliphatic heterocycles. The number of ether oxygens (including phenoxy) is 1. The van der Waals surface area contributed by atoms with E-state index in [1.165, 1.54) is 0 Å². The molecular weight excluding hydrogens is 158 g/mol. The van der Waals surface area contributed by atoms with Gasteiger partial charge in [0, 0.05) is 6.08 Å². The monoisotopic (exact) mass is 167 g/mol. The molecule has 0 aromatic heterocycles. The number of carbonyl (C=O) groups excluding carboxylic acids is 2. The first-order valence-corrected chi connectivity index (χ1v) is 3.45. The Morgan fingerprint density at radius 3 is 2.75 bits per heavy atom. The first kappa shape index (κ1) is 10.4. The topological polar surface area (TPSA) is 67.2 Å². The molecule has 0 unspecified atom stereocenters. The van der Waals surface area contributed by atoms with Crippen molar-refractivity contribution in [3.63, 3.8) is 0 Å². The smallest absolute Gasteiger partial charge is 0.313 e. The molecule has 0 heterocycles. The van der Waals surface area contributed by atoms with Crippen molar-refractivity contribution in [1.29, 1.82) is 5.26 Å². The second-order valence-electron chi connectivity index (χ2n) is 1.91. The normalized spacial score (nSPS) is 9.33. The molecule has 4 nitrogen and oxygen atoms in total. The SMILES string of the molecule is CCOC(=O)CC(=O)C=CC#N. The van der Waals surface area contributed by atoms with Gasteiger partial charge >= 0.3 is 5.97 Å². The molecule has 0 fully saturated rings. The summed E-state index contributed by atoms with van der Waals surface area (Å²) in [6.45, 7) is 1.92. The summed E-state index contributed by atoms with van der Waals surface area (Å²) in [6.07, 6.45) is 1.78. The van der Waals surface area contributed by atoms with Crippen LogP contribution >= 0.6 is 0 Å². The highest BCUT2D eigenvalue weighted by Crippen LogP contribution is 1.89. The molecule has 0 aliphatic rings. The molecule has 0 aliphatic carbocycles. The van der Waals surface area contributed by atoms with Gasteiger partial charge in [-0.25, -0.2) is 0 Å². The van der Waals surface area contributed by atoms with Crippen LogP contribution in [-0.4, -0.2) is 18.4 Å². The van der Waals surface area contributed by atoms with Gasteiger partial charge in [-0.2, -0.15) is 5.26 Å². The van der Waals surface area contributed by atoms with E-state index < -0.39 is 11.8 Å². The number of esters is 1. The van der Waals surface area contributed by atoms with Crippen LogP contribution in [0.1, 0.15) is 13.3 Å². The Hall–Kier alpha value is -1.63. The number of allylic oxidation sites excluding steroid dienone is 2. The lowest BCUT2D eigenvalue weighted by molar-refractivity contribution is -0.144. The molecule has 0 bridgehead atoms. The third-order valence-corrected chi connectivity index (χ3v) is 0.968. The molecule has 12 heavy (non-hydrogen) atoms. The molecule has 0 rings (SSSR count). The predicted octanol–water partition coefficient (Wildman–Crippen LogP) is 0.588. The summed E-state index contributed by atoms with van der Waals surface area (Å²) < 4.78 is 4.52. The Morgan fingerprint density at radius 1 is 1.58 bits per heavy atom. The van der Waals surface area contributed by atoms with E-state index in [2.05, 4.69) is 4.74 Å². The maximum atomic E-state index is 10.7. The molecule has 0 saturated heterocycles. The van der Waals surface area contributed by atoms with E-state index in [1.807, 2.05) is 0 Å². The van der Waals surface area contributed by atoms with Gasteiger partial charge in [0.05, 0.1) is 12.7 Å². The molecule has 0 N–H and O–H groups in total. The number of hydrogen-bond donors (Lipinski definition) is 0. The zero-order chi connectivity index (χ0) is 9.40. The summed E-state index contributed by atoms with van der Waals surface area (Å²) in [6, 6.07) is 1.65. The quantitative estimate of drug-likeness (QED) is 0.266. The Balaban J connectivity index is 3.78. The van der Waals surface area contributed by atoms with E-state index in [1.54, 1.807) is 13.0 Å².